The number of Topliss-reactive ketones (excluding diaryl/α,β-unsaturated/α-hetero) is 1. The van der Waals surface area contributed by atoms with Crippen LogP contribution in [-0.4, -0.2) is 81.0 Å². The molecule has 0 aromatic carbocycles. The molecule has 3 fully saturated rings. The highest BCUT2D eigenvalue weighted by Gasteiger charge is 2.74. The molecule has 1 saturated heterocycles. The third-order valence-corrected chi connectivity index (χ3v) is 10.1. The number of alkyl halides is 3. The second-order valence-electron chi connectivity index (χ2n) is 11.2. The molecule has 2 bridgehead atoms. The topological polar surface area (TPSA) is 132 Å². The SMILES string of the molecule is COC1C(=O)[C@]2(C)C(OS(=O)OC(F)(F)F)CC3OCC3(O)C2[C@H](C)C2(O)CC(O)C(C)=C1C2(C)C. The minimum Gasteiger partial charge on any atom is -0.389 e. The summed E-state index contributed by atoms with van der Waals surface area (Å²) in [6, 6.07) is 0. The number of rotatable bonds is 4. The number of halogens is 3. The van der Waals surface area contributed by atoms with Crippen molar-refractivity contribution in [3.63, 3.8) is 0 Å². The number of methoxy groups -OCH3 is 1. The van der Waals surface area contributed by atoms with Crippen LogP contribution in [0.4, 0.5) is 13.2 Å². The van der Waals surface area contributed by atoms with Gasteiger partial charge in [-0.3, -0.25) is 8.98 Å². The van der Waals surface area contributed by atoms with E-state index in [9.17, 15) is 37.5 Å². The fourth-order valence-corrected chi connectivity index (χ4v) is 8.16. The van der Waals surface area contributed by atoms with Gasteiger partial charge in [0, 0.05) is 31.3 Å². The van der Waals surface area contributed by atoms with Crippen molar-refractivity contribution >= 4 is 17.1 Å². The molecule has 0 aromatic rings. The third-order valence-electron chi connectivity index (χ3n) is 9.42. The monoisotopic (exact) mass is 542 g/mol. The van der Waals surface area contributed by atoms with Gasteiger partial charge < -0.3 is 24.8 Å². The van der Waals surface area contributed by atoms with Gasteiger partial charge in [-0.2, -0.15) is 8.39 Å². The summed E-state index contributed by atoms with van der Waals surface area (Å²) in [5.41, 5.74) is -5.39. The van der Waals surface area contributed by atoms with E-state index in [4.69, 9.17) is 13.7 Å². The van der Waals surface area contributed by atoms with Gasteiger partial charge >= 0.3 is 17.7 Å². The van der Waals surface area contributed by atoms with Crippen LogP contribution in [-0.2, 0) is 34.0 Å². The van der Waals surface area contributed by atoms with Crippen LogP contribution in [0.2, 0.25) is 0 Å². The van der Waals surface area contributed by atoms with Crippen molar-refractivity contribution in [2.24, 2.45) is 22.7 Å². The average Bonchev–Trinajstić information content (AvgIpc) is 2.74. The lowest BCUT2D eigenvalue weighted by molar-refractivity contribution is -0.334. The molecule has 4 rings (SSSR count). The Morgan fingerprint density at radius 1 is 1.19 bits per heavy atom. The predicted octanol–water partition coefficient (Wildman–Crippen LogP) is 1.71. The van der Waals surface area contributed by atoms with Crippen molar-refractivity contribution in [1.82, 2.24) is 0 Å². The first-order valence-corrected chi connectivity index (χ1v) is 12.7. The van der Waals surface area contributed by atoms with Crippen molar-refractivity contribution in [1.29, 1.82) is 0 Å². The Kier molecular flexibility index (Phi) is 6.66. The molecule has 3 N–H and O–H groups in total. The van der Waals surface area contributed by atoms with Gasteiger partial charge in [-0.1, -0.05) is 20.8 Å². The van der Waals surface area contributed by atoms with Crippen molar-refractivity contribution in [2.75, 3.05) is 13.7 Å². The standard InChI is InChI=1S/C23H33F3O9S/c1-10-12(27)8-22(30)11(2)17-20(5,18(28)16(32-6)15(10)19(22,3)4)13(7-14-21(17,29)9-33-14)34-36(31)35-23(24,25)26/h11-14,16-17,27,29-30H,7-9H2,1-6H3/t11-,12?,13?,14?,16?,17?,20+,21?,22?,36?/m0/s1. The lowest BCUT2D eigenvalue weighted by Gasteiger charge is -2.67. The molecule has 1 heterocycles. The molecule has 4 aliphatic rings. The average molecular weight is 543 g/mol. The summed E-state index contributed by atoms with van der Waals surface area (Å²) in [6.07, 6.45) is -10.4. The lowest BCUT2D eigenvalue weighted by atomic mass is 9.43. The molecule has 8 unspecified atom stereocenters. The maximum atomic E-state index is 14.4. The van der Waals surface area contributed by atoms with E-state index in [0.29, 0.717) is 11.1 Å². The van der Waals surface area contributed by atoms with Crippen LogP contribution in [0.15, 0.2) is 11.1 Å². The molecule has 13 heteroatoms. The van der Waals surface area contributed by atoms with E-state index in [-0.39, 0.29) is 19.4 Å². The fourth-order valence-electron chi connectivity index (χ4n) is 7.50. The highest BCUT2D eigenvalue weighted by Crippen LogP contribution is 2.65. The summed E-state index contributed by atoms with van der Waals surface area (Å²) in [4.78, 5) is 14.4. The van der Waals surface area contributed by atoms with E-state index in [2.05, 4.69) is 4.18 Å². The molecular weight excluding hydrogens is 509 g/mol. The van der Waals surface area contributed by atoms with Crippen LogP contribution < -0.4 is 0 Å². The Morgan fingerprint density at radius 2 is 1.81 bits per heavy atom. The van der Waals surface area contributed by atoms with E-state index in [1.807, 2.05) is 0 Å². The van der Waals surface area contributed by atoms with Gasteiger partial charge in [0.25, 0.3) is 0 Å². The molecule has 2 saturated carbocycles. The first kappa shape index (κ1) is 28.1. The Balaban J connectivity index is 1.93. The Labute approximate surface area is 209 Å². The summed E-state index contributed by atoms with van der Waals surface area (Å²) < 4.78 is 70.3. The maximum Gasteiger partial charge on any atom is 0.537 e. The molecule has 1 aliphatic heterocycles. The molecule has 3 aliphatic carbocycles. The number of aliphatic hydroxyl groups is 3. The highest BCUT2D eigenvalue weighted by atomic mass is 32.2. The highest BCUT2D eigenvalue weighted by molar-refractivity contribution is 7.75. The Bertz CT molecular complexity index is 1000. The molecular formula is C23H33F3O9S. The molecule has 0 radical (unpaired) electrons. The van der Waals surface area contributed by atoms with E-state index in [0.717, 1.165) is 0 Å². The van der Waals surface area contributed by atoms with Gasteiger partial charge in [0.1, 0.15) is 11.7 Å². The van der Waals surface area contributed by atoms with E-state index >= 15 is 0 Å². The number of hydrogen-bond donors (Lipinski definition) is 3. The zero-order valence-electron chi connectivity index (χ0n) is 20.9. The first-order valence-electron chi connectivity index (χ1n) is 11.7. The Hall–Kier alpha value is -0.930. The van der Waals surface area contributed by atoms with Crippen LogP contribution in [0.5, 0.6) is 0 Å². The summed E-state index contributed by atoms with van der Waals surface area (Å²) in [7, 11) is 1.27. The van der Waals surface area contributed by atoms with Crippen molar-refractivity contribution in [3.05, 3.63) is 11.1 Å². The van der Waals surface area contributed by atoms with Gasteiger partial charge in [-0.25, -0.2) is 0 Å². The van der Waals surface area contributed by atoms with Crippen LogP contribution in [0.1, 0.15) is 47.5 Å². The molecule has 206 valence electrons. The first-order chi connectivity index (χ1) is 16.4. The van der Waals surface area contributed by atoms with Crippen LogP contribution in [0.25, 0.3) is 0 Å². The van der Waals surface area contributed by atoms with Crippen LogP contribution in [0.3, 0.4) is 0 Å². The minimum atomic E-state index is -5.25. The quantitative estimate of drug-likeness (QED) is 0.455. The minimum absolute atomic E-state index is 0.107. The Morgan fingerprint density at radius 3 is 2.31 bits per heavy atom. The molecule has 9 nitrogen and oxygen atoms in total. The summed E-state index contributed by atoms with van der Waals surface area (Å²) in [6.45, 7) is 7.99. The fraction of sp³-hybridized carbons (Fsp3) is 0.870. The number of ketones is 1. The predicted molar refractivity (Wildman–Crippen MR) is 118 cm³/mol. The molecule has 0 amide bonds. The summed E-state index contributed by atoms with van der Waals surface area (Å²) >= 11 is -3.31. The molecule has 36 heavy (non-hydrogen) atoms. The normalized spacial score (nSPS) is 47.3. The zero-order chi connectivity index (χ0) is 27.2. The largest absolute Gasteiger partial charge is 0.537 e. The third kappa shape index (κ3) is 3.69. The van der Waals surface area contributed by atoms with Crippen molar-refractivity contribution in [3.8, 4) is 0 Å². The van der Waals surface area contributed by atoms with Gasteiger partial charge in [-0.05, 0) is 30.9 Å². The second kappa shape index (κ2) is 8.54. The number of aliphatic hydroxyl groups excluding tert-OH is 1. The second-order valence-corrected chi connectivity index (χ2v) is 12.0. The summed E-state index contributed by atoms with van der Waals surface area (Å²) in [5.74, 6) is -2.64. The maximum absolute atomic E-state index is 14.4. The number of hydrogen-bond acceptors (Lipinski definition) is 9. The number of carbonyl (C=O) groups is 1. The van der Waals surface area contributed by atoms with E-state index in [1.54, 1.807) is 27.7 Å². The summed E-state index contributed by atoms with van der Waals surface area (Å²) in [5, 5.41) is 34.9. The van der Waals surface area contributed by atoms with E-state index in [1.165, 1.54) is 14.0 Å². The zero-order valence-corrected chi connectivity index (χ0v) is 21.7. The van der Waals surface area contributed by atoms with Gasteiger partial charge in [0.15, 0.2) is 5.78 Å². The lowest BCUT2D eigenvalue weighted by Crippen LogP contribution is -2.79. The number of fused-ring (bicyclic) bond motifs is 5. The molecule has 0 aromatic heterocycles. The molecule has 10 atom stereocenters. The smallest absolute Gasteiger partial charge is 0.389 e. The van der Waals surface area contributed by atoms with Crippen molar-refractivity contribution in [2.45, 2.75) is 89.4 Å². The van der Waals surface area contributed by atoms with Crippen LogP contribution in [0, 0.1) is 22.7 Å². The van der Waals surface area contributed by atoms with Crippen LogP contribution >= 0.6 is 0 Å². The number of ether oxygens (including phenoxy) is 2. The van der Waals surface area contributed by atoms with Gasteiger partial charge in [0.2, 0.25) is 0 Å². The molecule has 0 spiro atoms. The van der Waals surface area contributed by atoms with E-state index < -0.39 is 81.8 Å². The number of carbonyl (C=O) groups excluding carboxylic acids is 1. The van der Waals surface area contributed by atoms with Gasteiger partial charge in [-0.15, -0.1) is 13.2 Å². The van der Waals surface area contributed by atoms with Gasteiger partial charge in [0.05, 0.1) is 35.9 Å². The van der Waals surface area contributed by atoms with Crippen molar-refractivity contribution < 1.29 is 55.3 Å².